The summed E-state index contributed by atoms with van der Waals surface area (Å²) in [5.41, 5.74) is 0.0914. The summed E-state index contributed by atoms with van der Waals surface area (Å²) >= 11 is 13.0. The zero-order valence-corrected chi connectivity index (χ0v) is 62.9. The van der Waals surface area contributed by atoms with Gasteiger partial charge in [-0.1, -0.05) is 30.6 Å². The van der Waals surface area contributed by atoms with Crippen molar-refractivity contribution in [2.75, 3.05) is 122 Å². The molecule has 107 heavy (non-hydrogen) atoms. The van der Waals surface area contributed by atoms with Gasteiger partial charge in [0.15, 0.2) is 24.0 Å². The Bertz CT molecular complexity index is 4760. The van der Waals surface area contributed by atoms with E-state index in [0.29, 0.717) is 128 Å². The van der Waals surface area contributed by atoms with E-state index in [9.17, 15) is 23.3 Å². The number of rotatable bonds is 13. The van der Waals surface area contributed by atoms with Crippen LogP contribution in [0.1, 0.15) is 113 Å². The number of nitrogens with zero attached hydrogens (tertiary/aromatic N) is 18. The standard InChI is InChI=1S/C35H41ClFN9O5.C29H33ClFN7O6S.C7H12N2O.CH4/c1-35(2,3)51-34(47)45-12-10-44(11-13-45)31-23-8-9-39-32(29(23)41-33(42-31)49-20-22-15-21(17-38)19-43(22)4)50-30-24-18-40-46(27-7-5-6-14-48-27)26(24)16-25(37)28(30)36;1-29(2,3)44-28(39)37-12-10-36(11-13-37)25-17-8-9-32-26(23(17)34-27(35-25)45(4,40)41)43-24-18-16-33-38(21-7-5-6-14-42-21)20(18)15-19(31)22(24)30;1-9-4-6(3-8)2-7(9)5-10;/h8-9,16,18,21-22,27H,5-7,10-15,19-20H2,1-4H3;8-9,15-16,21H,5-7,10-14H2,1-4H3;6-7,10H,2,4-5H2,1H3;1H4/t21-,22-,27?;;6-,7-;/m0.0./s1. The van der Waals surface area contributed by atoms with Crippen molar-refractivity contribution in [2.45, 2.75) is 141 Å². The molecule has 6 atom stereocenters. The number of sulfone groups is 1. The summed E-state index contributed by atoms with van der Waals surface area (Å²) in [6, 6.07) is 10.9. The molecule has 12 heterocycles. The number of fused-ring (bicyclic) bond motifs is 4. The second kappa shape index (κ2) is 33.3. The lowest BCUT2D eigenvalue weighted by molar-refractivity contribution is -0.0368. The van der Waals surface area contributed by atoms with Gasteiger partial charge >= 0.3 is 18.2 Å². The van der Waals surface area contributed by atoms with E-state index in [4.69, 9.17) is 76.7 Å². The number of aromatic nitrogens is 10. The largest absolute Gasteiger partial charge is 0.462 e. The Hall–Kier alpha value is -8.93. The van der Waals surface area contributed by atoms with Crippen LogP contribution in [-0.2, 0) is 28.8 Å². The van der Waals surface area contributed by atoms with Crippen LogP contribution in [0.3, 0.4) is 0 Å². The number of benzene rings is 2. The molecule has 30 nitrogen and oxygen atoms in total. The van der Waals surface area contributed by atoms with Crippen molar-refractivity contribution >= 4 is 100 Å². The van der Waals surface area contributed by atoms with Crippen molar-refractivity contribution in [1.29, 1.82) is 10.5 Å². The molecule has 6 fully saturated rings. The molecule has 2 aromatic carbocycles. The third-order valence-electron chi connectivity index (χ3n) is 19.0. The number of anilines is 2. The van der Waals surface area contributed by atoms with Crippen molar-refractivity contribution in [3.63, 3.8) is 0 Å². The molecule has 0 spiro atoms. The number of carbonyl (C=O) groups excluding carboxylic acids is 2. The molecular formula is C72H90Cl2F2N18O12S. The Morgan fingerprint density at radius 1 is 0.645 bits per heavy atom. The Morgan fingerprint density at radius 3 is 1.49 bits per heavy atom. The van der Waals surface area contributed by atoms with Gasteiger partial charge in [0.1, 0.15) is 62.2 Å². The lowest BCUT2D eigenvalue weighted by Gasteiger charge is -2.36. The molecule has 1 N–H and O–H groups in total. The summed E-state index contributed by atoms with van der Waals surface area (Å²) in [5, 5.41) is 36.8. The first-order valence-corrected chi connectivity index (χ1v) is 37.9. The molecule has 2 unspecified atom stereocenters. The van der Waals surface area contributed by atoms with Gasteiger partial charge in [-0.15, -0.1) is 0 Å². The number of pyridine rings is 2. The summed E-state index contributed by atoms with van der Waals surface area (Å²) in [6.45, 7) is 17.1. The van der Waals surface area contributed by atoms with Crippen molar-refractivity contribution in [3.8, 4) is 41.4 Å². The molecule has 0 saturated carbocycles. The number of aliphatic hydroxyl groups is 1. The number of halogens is 4. The number of ether oxygens (including phenoxy) is 7. The van der Waals surface area contributed by atoms with E-state index in [1.807, 2.05) is 44.7 Å². The van der Waals surface area contributed by atoms with Gasteiger partial charge in [0.05, 0.1) is 75.6 Å². The van der Waals surface area contributed by atoms with Crippen LogP contribution in [0.25, 0.3) is 43.6 Å². The fraction of sp³-hybridized carbons (Fsp3) is 0.556. The Kier molecular flexibility index (Phi) is 24.6. The minimum Gasteiger partial charge on any atom is -0.462 e. The molecule has 574 valence electrons. The summed E-state index contributed by atoms with van der Waals surface area (Å²) in [7, 11) is 0.0267. The Balaban J connectivity index is 0.000000188. The van der Waals surface area contributed by atoms with E-state index in [0.717, 1.165) is 57.7 Å². The molecule has 0 aliphatic carbocycles. The fourth-order valence-electron chi connectivity index (χ4n) is 13.5. The Labute approximate surface area is 629 Å². The predicted molar refractivity (Wildman–Crippen MR) is 395 cm³/mol. The second-order valence-electron chi connectivity index (χ2n) is 29.1. The highest BCUT2D eigenvalue weighted by atomic mass is 35.5. The fourth-order valence-corrected chi connectivity index (χ4v) is 14.4. The van der Waals surface area contributed by atoms with E-state index in [1.165, 1.54) is 24.5 Å². The van der Waals surface area contributed by atoms with Gasteiger partial charge in [0.2, 0.25) is 26.8 Å². The van der Waals surface area contributed by atoms with Crippen LogP contribution in [0.4, 0.5) is 30.0 Å². The van der Waals surface area contributed by atoms with Crippen molar-refractivity contribution in [3.05, 3.63) is 70.7 Å². The number of aliphatic hydroxyl groups excluding tert-OH is 1. The number of likely N-dealkylation sites (N-methyl/N-ethyl adjacent to an activating group) is 2. The maximum absolute atomic E-state index is 15.4. The van der Waals surface area contributed by atoms with Gasteiger partial charge in [-0.3, -0.25) is 9.80 Å². The Morgan fingerprint density at radius 2 is 1.08 bits per heavy atom. The number of carbonyl (C=O) groups is 2. The average molecular weight is 1540 g/mol. The predicted octanol–water partition coefficient (Wildman–Crippen LogP) is 11.5. The summed E-state index contributed by atoms with van der Waals surface area (Å²) in [5.74, 6) is -0.463. The molecule has 14 rings (SSSR count). The first kappa shape index (κ1) is 79.1. The zero-order chi connectivity index (χ0) is 75.5. The maximum Gasteiger partial charge on any atom is 0.410 e. The number of hydrogen-bond acceptors (Lipinski definition) is 26. The van der Waals surface area contributed by atoms with Crippen LogP contribution in [0, 0.1) is 46.1 Å². The van der Waals surface area contributed by atoms with E-state index < -0.39 is 43.9 Å². The van der Waals surface area contributed by atoms with Gasteiger partial charge in [-0.25, -0.2) is 56.1 Å². The van der Waals surface area contributed by atoms with Crippen LogP contribution in [0.15, 0.2) is 54.2 Å². The molecule has 2 amide bonds. The second-order valence-corrected chi connectivity index (χ2v) is 31.7. The summed E-state index contributed by atoms with van der Waals surface area (Å²) in [6.07, 6.45) is 12.5. The molecule has 0 bridgehead atoms. The van der Waals surface area contributed by atoms with Gasteiger partial charge in [0.25, 0.3) is 0 Å². The number of piperazine rings is 2. The smallest absolute Gasteiger partial charge is 0.410 e. The molecule has 8 aromatic rings. The normalized spacial score (nSPS) is 21.1. The number of hydrogen-bond donors (Lipinski definition) is 1. The third-order valence-corrected chi connectivity index (χ3v) is 20.5. The van der Waals surface area contributed by atoms with E-state index >= 15 is 8.78 Å². The molecule has 6 saturated heterocycles. The number of nitriles is 2. The highest BCUT2D eigenvalue weighted by molar-refractivity contribution is 7.90. The van der Waals surface area contributed by atoms with Crippen LogP contribution in [-0.4, -0.2) is 230 Å². The molecule has 6 aromatic heterocycles. The van der Waals surface area contributed by atoms with Crippen LogP contribution < -0.4 is 24.0 Å². The number of amides is 2. The van der Waals surface area contributed by atoms with Gasteiger partial charge in [-0.2, -0.15) is 30.7 Å². The van der Waals surface area contributed by atoms with Crippen LogP contribution >= 0.6 is 23.2 Å². The van der Waals surface area contributed by atoms with E-state index in [2.05, 4.69) is 52.1 Å². The molecule has 0 radical (unpaired) electrons. The van der Waals surface area contributed by atoms with Gasteiger partial charge in [0, 0.05) is 122 Å². The van der Waals surface area contributed by atoms with Crippen molar-refractivity contribution in [2.24, 2.45) is 11.8 Å². The van der Waals surface area contributed by atoms with E-state index in [1.54, 1.807) is 64.5 Å². The number of likely N-dealkylation sites (tertiary alicyclic amines) is 2. The highest BCUT2D eigenvalue weighted by Crippen LogP contribution is 2.45. The SMILES string of the molecule is C.CC(C)(C)OC(=O)N1CCN(c2nc(S(C)(=O)=O)nc3c(Oc4c(Cl)c(F)cc5c4cnn5C4CCCCO4)nccc23)CC1.CN1C[C@H](C#N)C[C@H]1CO.CN1C[C@H](C#N)C[C@H]1COc1nc(N2CCN(C(=O)OC(C)(C)C)CC2)c2ccnc(Oc3c(Cl)c(F)cc4c3cnn4C3CCCCO3)c2n1. The highest BCUT2D eigenvalue weighted by Gasteiger charge is 2.36. The van der Waals surface area contributed by atoms with E-state index in [-0.39, 0.29) is 108 Å². The molecular weight excluding hydrogens is 1450 g/mol. The third kappa shape index (κ3) is 18.1. The van der Waals surface area contributed by atoms with Gasteiger partial charge in [-0.05, 0) is 119 Å². The first-order chi connectivity index (χ1) is 50.6. The summed E-state index contributed by atoms with van der Waals surface area (Å²) in [4.78, 5) is 63.9. The lowest BCUT2D eigenvalue weighted by Crippen LogP contribution is -2.50. The topological polar surface area (TPSA) is 333 Å². The molecule has 6 aliphatic rings. The van der Waals surface area contributed by atoms with Crippen LogP contribution in [0.5, 0.6) is 29.3 Å². The van der Waals surface area contributed by atoms with Crippen molar-refractivity contribution < 1.29 is 65.1 Å². The molecule has 6 aliphatic heterocycles. The lowest BCUT2D eigenvalue weighted by atomic mass is 10.1. The summed E-state index contributed by atoms with van der Waals surface area (Å²) < 4.78 is 101. The zero-order valence-electron chi connectivity index (χ0n) is 60.5. The minimum atomic E-state index is -3.88. The monoisotopic (exact) mass is 1540 g/mol. The maximum atomic E-state index is 15.4. The van der Waals surface area contributed by atoms with Crippen molar-refractivity contribution in [1.82, 2.24) is 69.1 Å². The van der Waals surface area contributed by atoms with Crippen LogP contribution in [0.2, 0.25) is 10.0 Å². The first-order valence-electron chi connectivity index (χ1n) is 35.3. The molecule has 35 heteroatoms. The van der Waals surface area contributed by atoms with Gasteiger partial charge < -0.3 is 57.9 Å². The quantitative estimate of drug-likeness (QED) is 0.105. The minimum absolute atomic E-state index is 0. The average Bonchev–Trinajstić information content (AvgIpc) is 1.75.